The van der Waals surface area contributed by atoms with Gasteiger partial charge in [-0.05, 0) is 68.6 Å². The number of pyridine rings is 1. The first-order valence-electron chi connectivity index (χ1n) is 9.69. The SMILES string of the molecule is Fc1ccccc1-c1nc(C2CCN(C3CC3)CC2)sc1-c1ccncc1. The zero-order valence-corrected chi connectivity index (χ0v) is 16.0. The molecule has 2 fully saturated rings. The third-order valence-electron chi connectivity index (χ3n) is 5.66. The van der Waals surface area contributed by atoms with E-state index in [0.29, 0.717) is 11.5 Å². The van der Waals surface area contributed by atoms with Crippen molar-refractivity contribution in [3.8, 4) is 21.7 Å². The molecule has 0 N–H and O–H groups in total. The Morgan fingerprint density at radius 1 is 0.963 bits per heavy atom. The third kappa shape index (κ3) is 3.42. The molecule has 3 aromatic rings. The number of piperidine rings is 1. The Morgan fingerprint density at radius 3 is 2.41 bits per heavy atom. The van der Waals surface area contributed by atoms with E-state index < -0.39 is 0 Å². The number of hydrogen-bond donors (Lipinski definition) is 0. The number of halogens is 1. The van der Waals surface area contributed by atoms with Crippen LogP contribution in [0.5, 0.6) is 0 Å². The molecule has 5 rings (SSSR count). The number of likely N-dealkylation sites (tertiary alicyclic amines) is 1. The monoisotopic (exact) mass is 379 g/mol. The van der Waals surface area contributed by atoms with E-state index in [-0.39, 0.29) is 5.82 Å². The molecule has 2 aromatic heterocycles. The van der Waals surface area contributed by atoms with Crippen molar-refractivity contribution in [2.75, 3.05) is 13.1 Å². The molecule has 0 radical (unpaired) electrons. The number of benzene rings is 1. The van der Waals surface area contributed by atoms with Gasteiger partial charge >= 0.3 is 0 Å². The molecule has 3 heterocycles. The number of rotatable bonds is 4. The van der Waals surface area contributed by atoms with Gasteiger partial charge in [-0.25, -0.2) is 9.37 Å². The Balaban J connectivity index is 1.51. The Labute approximate surface area is 162 Å². The summed E-state index contributed by atoms with van der Waals surface area (Å²) in [7, 11) is 0. The van der Waals surface area contributed by atoms with Gasteiger partial charge in [-0.1, -0.05) is 12.1 Å². The molecule has 1 saturated heterocycles. The average Bonchev–Trinajstić information content (AvgIpc) is 3.48. The molecule has 0 spiro atoms. The van der Waals surface area contributed by atoms with E-state index in [9.17, 15) is 4.39 Å². The van der Waals surface area contributed by atoms with Gasteiger partial charge in [0, 0.05) is 29.9 Å². The molecule has 0 unspecified atom stereocenters. The van der Waals surface area contributed by atoms with Crippen molar-refractivity contribution in [3.63, 3.8) is 0 Å². The molecular weight excluding hydrogens is 357 g/mol. The maximum absolute atomic E-state index is 14.5. The summed E-state index contributed by atoms with van der Waals surface area (Å²) < 4.78 is 14.5. The summed E-state index contributed by atoms with van der Waals surface area (Å²) in [4.78, 5) is 12.8. The van der Waals surface area contributed by atoms with E-state index in [1.54, 1.807) is 29.8 Å². The van der Waals surface area contributed by atoms with Crippen LogP contribution in [-0.2, 0) is 0 Å². The summed E-state index contributed by atoms with van der Waals surface area (Å²) in [5.41, 5.74) is 2.41. The standard InChI is InChI=1S/C22H22FN3S/c23-19-4-2-1-3-18(19)20-21(15-7-11-24-12-8-15)27-22(25-20)16-9-13-26(14-10-16)17-5-6-17/h1-4,7-8,11-12,16-17H,5-6,9-10,13-14H2. The minimum atomic E-state index is -0.215. The fourth-order valence-corrected chi connectivity index (χ4v) is 5.25. The van der Waals surface area contributed by atoms with Crippen LogP contribution in [0.15, 0.2) is 48.8 Å². The van der Waals surface area contributed by atoms with Gasteiger partial charge in [0.2, 0.25) is 0 Å². The largest absolute Gasteiger partial charge is 0.300 e. The first-order valence-corrected chi connectivity index (χ1v) is 10.5. The summed E-state index contributed by atoms with van der Waals surface area (Å²) in [5, 5.41) is 1.15. The van der Waals surface area contributed by atoms with E-state index >= 15 is 0 Å². The molecule has 1 aliphatic heterocycles. The number of aromatic nitrogens is 2. The van der Waals surface area contributed by atoms with Crippen molar-refractivity contribution < 1.29 is 4.39 Å². The van der Waals surface area contributed by atoms with Crippen molar-refractivity contribution in [1.29, 1.82) is 0 Å². The van der Waals surface area contributed by atoms with Gasteiger partial charge in [0.1, 0.15) is 5.82 Å². The fraction of sp³-hybridized carbons (Fsp3) is 0.364. The van der Waals surface area contributed by atoms with E-state index in [2.05, 4.69) is 9.88 Å². The van der Waals surface area contributed by atoms with Crippen LogP contribution in [0.1, 0.15) is 36.6 Å². The zero-order valence-electron chi connectivity index (χ0n) is 15.1. The first-order chi connectivity index (χ1) is 13.3. The van der Waals surface area contributed by atoms with Gasteiger partial charge in [-0.15, -0.1) is 11.3 Å². The second-order valence-electron chi connectivity index (χ2n) is 7.49. The smallest absolute Gasteiger partial charge is 0.132 e. The van der Waals surface area contributed by atoms with Crippen LogP contribution in [0, 0.1) is 5.82 Å². The van der Waals surface area contributed by atoms with Gasteiger partial charge in [0.15, 0.2) is 0 Å². The minimum absolute atomic E-state index is 0.215. The number of thiazole rings is 1. The first kappa shape index (κ1) is 17.0. The lowest BCUT2D eigenvalue weighted by Gasteiger charge is -2.30. The van der Waals surface area contributed by atoms with Crippen molar-refractivity contribution in [1.82, 2.24) is 14.9 Å². The van der Waals surface area contributed by atoms with Crippen LogP contribution < -0.4 is 0 Å². The van der Waals surface area contributed by atoms with Crippen molar-refractivity contribution >= 4 is 11.3 Å². The molecule has 0 amide bonds. The lowest BCUT2D eigenvalue weighted by atomic mass is 9.97. The van der Waals surface area contributed by atoms with Crippen LogP contribution in [0.25, 0.3) is 21.7 Å². The highest BCUT2D eigenvalue weighted by atomic mass is 32.1. The molecule has 3 nitrogen and oxygen atoms in total. The Bertz CT molecular complexity index is 928. The quantitative estimate of drug-likeness (QED) is 0.612. The topological polar surface area (TPSA) is 29.0 Å². The van der Waals surface area contributed by atoms with E-state index in [1.165, 1.54) is 18.9 Å². The summed E-state index contributed by atoms with van der Waals surface area (Å²) in [5.74, 6) is 0.263. The maximum Gasteiger partial charge on any atom is 0.132 e. The molecule has 27 heavy (non-hydrogen) atoms. The van der Waals surface area contributed by atoms with E-state index in [4.69, 9.17) is 4.98 Å². The molecule has 1 aromatic carbocycles. The average molecular weight is 380 g/mol. The minimum Gasteiger partial charge on any atom is -0.300 e. The normalized spacial score (nSPS) is 18.7. The van der Waals surface area contributed by atoms with Crippen LogP contribution in [0.3, 0.4) is 0 Å². The van der Waals surface area contributed by atoms with Gasteiger partial charge in [0.25, 0.3) is 0 Å². The third-order valence-corrected chi connectivity index (χ3v) is 6.92. The second-order valence-corrected chi connectivity index (χ2v) is 8.52. The predicted molar refractivity (Wildman–Crippen MR) is 107 cm³/mol. The van der Waals surface area contributed by atoms with E-state index in [1.807, 2.05) is 24.3 Å². The van der Waals surface area contributed by atoms with Gasteiger partial charge in [0.05, 0.1) is 15.6 Å². The van der Waals surface area contributed by atoms with Crippen molar-refractivity contribution in [2.45, 2.75) is 37.6 Å². The van der Waals surface area contributed by atoms with Crippen LogP contribution in [-0.4, -0.2) is 34.0 Å². The summed E-state index contributed by atoms with van der Waals surface area (Å²) >= 11 is 1.72. The van der Waals surface area contributed by atoms with Gasteiger partial charge < -0.3 is 4.90 Å². The van der Waals surface area contributed by atoms with Crippen LogP contribution in [0.2, 0.25) is 0 Å². The van der Waals surface area contributed by atoms with Gasteiger partial charge in [-0.2, -0.15) is 0 Å². The summed E-state index contributed by atoms with van der Waals surface area (Å²) in [6, 6.07) is 11.7. The summed E-state index contributed by atoms with van der Waals surface area (Å²) in [6.45, 7) is 2.32. The molecule has 1 saturated carbocycles. The molecule has 5 heteroatoms. The summed E-state index contributed by atoms with van der Waals surface area (Å²) in [6.07, 6.45) is 8.60. The maximum atomic E-state index is 14.5. The second kappa shape index (κ2) is 7.13. The Morgan fingerprint density at radius 2 is 1.70 bits per heavy atom. The highest BCUT2D eigenvalue weighted by molar-refractivity contribution is 7.15. The van der Waals surface area contributed by atoms with Crippen LogP contribution >= 0.6 is 11.3 Å². The van der Waals surface area contributed by atoms with Gasteiger partial charge in [-0.3, -0.25) is 4.98 Å². The Hall–Kier alpha value is -2.11. The highest BCUT2D eigenvalue weighted by Crippen LogP contribution is 2.42. The zero-order chi connectivity index (χ0) is 18.2. The lowest BCUT2D eigenvalue weighted by molar-refractivity contribution is 0.203. The Kier molecular flexibility index (Phi) is 4.50. The van der Waals surface area contributed by atoms with Crippen molar-refractivity contribution in [3.05, 3.63) is 59.6 Å². The molecule has 138 valence electrons. The van der Waals surface area contributed by atoms with Crippen LogP contribution in [0.4, 0.5) is 4.39 Å². The predicted octanol–water partition coefficient (Wildman–Crippen LogP) is 5.35. The number of hydrogen-bond acceptors (Lipinski definition) is 4. The molecule has 1 aliphatic carbocycles. The lowest BCUT2D eigenvalue weighted by Crippen LogP contribution is -2.34. The highest BCUT2D eigenvalue weighted by Gasteiger charge is 2.33. The van der Waals surface area contributed by atoms with E-state index in [0.717, 1.165) is 53.1 Å². The molecule has 2 aliphatic rings. The molecular formula is C22H22FN3S. The molecule has 0 bridgehead atoms. The van der Waals surface area contributed by atoms with Crippen molar-refractivity contribution in [2.24, 2.45) is 0 Å². The molecule has 0 atom stereocenters. The fourth-order valence-electron chi connectivity index (χ4n) is 4.00. The number of nitrogens with zero attached hydrogens (tertiary/aromatic N) is 3.